The van der Waals surface area contributed by atoms with E-state index in [-0.39, 0.29) is 10.7 Å². The van der Waals surface area contributed by atoms with Crippen molar-refractivity contribution in [3.8, 4) is 0 Å². The summed E-state index contributed by atoms with van der Waals surface area (Å²) in [5.74, 6) is 0. The zero-order valence-electron chi connectivity index (χ0n) is 10.9. The summed E-state index contributed by atoms with van der Waals surface area (Å²) in [5.41, 5.74) is -0.968. The van der Waals surface area contributed by atoms with Crippen LogP contribution in [0, 0.1) is 0 Å². The van der Waals surface area contributed by atoms with Crippen LogP contribution in [0.5, 0.6) is 0 Å². The van der Waals surface area contributed by atoms with Crippen LogP contribution in [0.3, 0.4) is 0 Å². The van der Waals surface area contributed by atoms with E-state index in [9.17, 15) is 21.6 Å². The third-order valence-electron chi connectivity index (χ3n) is 3.24. The summed E-state index contributed by atoms with van der Waals surface area (Å²) in [6, 6.07) is 2.53. The van der Waals surface area contributed by atoms with Crippen LogP contribution in [-0.2, 0) is 16.2 Å². The maximum atomic E-state index is 12.5. The number of benzene rings is 1. The second-order valence-corrected chi connectivity index (χ2v) is 7.18. The highest BCUT2D eigenvalue weighted by molar-refractivity contribution is 7.93. The van der Waals surface area contributed by atoms with Crippen molar-refractivity contribution in [3.63, 3.8) is 0 Å². The van der Waals surface area contributed by atoms with Crippen molar-refractivity contribution >= 4 is 27.3 Å². The first kappa shape index (κ1) is 16.4. The Morgan fingerprint density at radius 2 is 2.05 bits per heavy atom. The third kappa shape index (κ3) is 4.02. The van der Waals surface area contributed by atoms with E-state index in [0.29, 0.717) is 19.0 Å². The molecule has 0 aliphatic carbocycles. The molecule has 0 spiro atoms. The molecule has 0 bridgehead atoms. The highest BCUT2D eigenvalue weighted by Gasteiger charge is 2.32. The van der Waals surface area contributed by atoms with Gasteiger partial charge in [0.2, 0.25) is 10.0 Å². The van der Waals surface area contributed by atoms with Crippen molar-refractivity contribution < 1.29 is 21.6 Å². The lowest BCUT2D eigenvalue weighted by atomic mass is 10.2. The number of halogens is 4. The average Bonchev–Trinajstić information content (AvgIpc) is 2.41. The summed E-state index contributed by atoms with van der Waals surface area (Å²) in [5, 5.41) is 2.07. The van der Waals surface area contributed by atoms with Gasteiger partial charge >= 0.3 is 6.18 Å². The number of alkyl halides is 3. The summed E-state index contributed by atoms with van der Waals surface area (Å²) < 4.78 is 64.2. The van der Waals surface area contributed by atoms with E-state index < -0.39 is 27.0 Å². The van der Waals surface area contributed by atoms with Gasteiger partial charge in [0, 0.05) is 6.54 Å². The lowest BCUT2D eigenvalue weighted by Crippen LogP contribution is -2.41. The average molecular weight is 343 g/mol. The molecule has 1 unspecified atom stereocenters. The second kappa shape index (κ2) is 6.02. The number of nitrogens with one attached hydrogen (secondary N) is 2. The Hall–Kier alpha value is -0.990. The van der Waals surface area contributed by atoms with Crippen LogP contribution in [0.4, 0.5) is 18.9 Å². The van der Waals surface area contributed by atoms with Crippen molar-refractivity contribution in [3.05, 3.63) is 28.8 Å². The molecule has 21 heavy (non-hydrogen) atoms. The Kier molecular flexibility index (Phi) is 4.69. The summed E-state index contributed by atoms with van der Waals surface area (Å²) in [4.78, 5) is 0. The molecule has 1 aromatic rings. The normalized spacial score (nSPS) is 20.3. The van der Waals surface area contributed by atoms with E-state index in [0.717, 1.165) is 25.1 Å². The summed E-state index contributed by atoms with van der Waals surface area (Å²) in [6.07, 6.45) is -3.29. The molecule has 1 aliphatic rings. The van der Waals surface area contributed by atoms with E-state index in [4.69, 9.17) is 11.6 Å². The van der Waals surface area contributed by atoms with Crippen molar-refractivity contribution in [2.75, 3.05) is 17.8 Å². The van der Waals surface area contributed by atoms with Crippen LogP contribution >= 0.6 is 11.6 Å². The molecule has 0 aromatic heterocycles. The molecule has 2 N–H and O–H groups in total. The predicted octanol–water partition coefficient (Wildman–Crippen LogP) is 2.85. The fourth-order valence-electron chi connectivity index (χ4n) is 2.10. The fraction of sp³-hybridized carbons (Fsp3) is 0.500. The Balaban J connectivity index is 2.19. The van der Waals surface area contributed by atoms with Gasteiger partial charge in [-0.25, -0.2) is 8.42 Å². The number of hydrogen-bond acceptors (Lipinski definition) is 3. The first-order valence-electron chi connectivity index (χ1n) is 6.29. The van der Waals surface area contributed by atoms with Gasteiger partial charge in [-0.1, -0.05) is 11.6 Å². The van der Waals surface area contributed by atoms with Crippen LogP contribution < -0.4 is 10.0 Å². The van der Waals surface area contributed by atoms with Gasteiger partial charge in [-0.05, 0) is 37.6 Å². The molecule has 0 amide bonds. The van der Waals surface area contributed by atoms with E-state index in [1.54, 1.807) is 0 Å². The lowest BCUT2D eigenvalue weighted by molar-refractivity contribution is -0.137. The quantitative estimate of drug-likeness (QED) is 0.888. The molecule has 2 rings (SSSR count). The molecule has 1 saturated heterocycles. The minimum Gasteiger partial charge on any atom is -0.315 e. The summed E-state index contributed by atoms with van der Waals surface area (Å²) in [6.45, 7) is 1.07. The molecule has 118 valence electrons. The summed E-state index contributed by atoms with van der Waals surface area (Å²) in [7, 11) is -3.69. The van der Waals surface area contributed by atoms with E-state index >= 15 is 0 Å². The van der Waals surface area contributed by atoms with E-state index in [1.165, 1.54) is 0 Å². The predicted molar refractivity (Wildman–Crippen MR) is 74.9 cm³/mol. The number of sulfonamides is 1. The van der Waals surface area contributed by atoms with Crippen molar-refractivity contribution in [1.29, 1.82) is 0 Å². The first-order chi connectivity index (χ1) is 9.70. The maximum Gasteiger partial charge on any atom is 0.416 e. The summed E-state index contributed by atoms with van der Waals surface area (Å²) >= 11 is 5.74. The first-order valence-corrected chi connectivity index (χ1v) is 8.22. The third-order valence-corrected chi connectivity index (χ3v) is 5.34. The highest BCUT2D eigenvalue weighted by atomic mass is 35.5. The zero-order valence-corrected chi connectivity index (χ0v) is 12.4. The van der Waals surface area contributed by atoms with Crippen molar-refractivity contribution in [2.24, 2.45) is 0 Å². The van der Waals surface area contributed by atoms with Gasteiger partial charge in [0.25, 0.3) is 0 Å². The molecule has 0 saturated carbocycles. The molecule has 9 heteroatoms. The standard InChI is InChI=1S/C12H14ClF3N2O2S/c13-10-6-8(12(14,15)16)3-4-11(10)18-21(19,20)9-2-1-5-17-7-9/h3-4,6,9,17-18H,1-2,5,7H2. The molecule has 1 fully saturated rings. The van der Waals surface area contributed by atoms with E-state index in [2.05, 4.69) is 10.0 Å². The Labute approximate surface area is 125 Å². The zero-order chi connectivity index (χ0) is 15.7. The molecule has 0 radical (unpaired) electrons. The maximum absolute atomic E-state index is 12.5. The molecule has 1 atom stereocenters. The fourth-order valence-corrected chi connectivity index (χ4v) is 3.84. The van der Waals surface area contributed by atoms with Gasteiger partial charge < -0.3 is 5.32 Å². The van der Waals surface area contributed by atoms with Crippen molar-refractivity contribution in [1.82, 2.24) is 5.32 Å². The molecule has 4 nitrogen and oxygen atoms in total. The van der Waals surface area contributed by atoms with Gasteiger partial charge in [-0.2, -0.15) is 13.2 Å². The largest absolute Gasteiger partial charge is 0.416 e. The monoisotopic (exact) mass is 342 g/mol. The topological polar surface area (TPSA) is 58.2 Å². The number of rotatable bonds is 3. The van der Waals surface area contributed by atoms with Gasteiger partial charge in [0.05, 0.1) is 21.5 Å². The van der Waals surface area contributed by atoms with E-state index in [1.807, 2.05) is 0 Å². The minimum atomic E-state index is -4.52. The molecule has 1 aromatic carbocycles. The van der Waals surface area contributed by atoms with Crippen molar-refractivity contribution in [2.45, 2.75) is 24.3 Å². The number of piperidine rings is 1. The number of anilines is 1. The van der Waals surface area contributed by atoms with Gasteiger partial charge in [-0.15, -0.1) is 0 Å². The van der Waals surface area contributed by atoms with Crippen LogP contribution in [-0.4, -0.2) is 26.8 Å². The molecule has 1 aliphatic heterocycles. The Morgan fingerprint density at radius 1 is 1.33 bits per heavy atom. The second-order valence-electron chi connectivity index (χ2n) is 4.81. The smallest absolute Gasteiger partial charge is 0.315 e. The van der Waals surface area contributed by atoms with Crippen LogP contribution in [0.2, 0.25) is 5.02 Å². The van der Waals surface area contributed by atoms with Gasteiger partial charge in [0.1, 0.15) is 0 Å². The number of hydrogen-bond donors (Lipinski definition) is 2. The lowest BCUT2D eigenvalue weighted by Gasteiger charge is -2.23. The Morgan fingerprint density at radius 3 is 2.57 bits per heavy atom. The van der Waals surface area contributed by atoms with Gasteiger partial charge in [0.15, 0.2) is 0 Å². The van der Waals surface area contributed by atoms with Crippen LogP contribution in [0.15, 0.2) is 18.2 Å². The highest BCUT2D eigenvalue weighted by Crippen LogP contribution is 2.34. The molecular formula is C12H14ClF3N2O2S. The SMILES string of the molecule is O=S(=O)(Nc1ccc(C(F)(F)F)cc1Cl)C1CCCNC1. The van der Waals surface area contributed by atoms with Crippen LogP contribution in [0.25, 0.3) is 0 Å². The minimum absolute atomic E-state index is 0.0461. The van der Waals surface area contributed by atoms with Gasteiger partial charge in [-0.3, -0.25) is 4.72 Å². The van der Waals surface area contributed by atoms with Crippen LogP contribution in [0.1, 0.15) is 18.4 Å². The molecular weight excluding hydrogens is 329 g/mol. The molecule has 1 heterocycles. The Bertz CT molecular complexity index is 613.